The second kappa shape index (κ2) is 7.44. The highest BCUT2D eigenvalue weighted by molar-refractivity contribution is 7.89. The van der Waals surface area contributed by atoms with E-state index in [0.717, 1.165) is 18.8 Å². The molecule has 5 nitrogen and oxygen atoms in total. The minimum absolute atomic E-state index is 0.214. The molecule has 1 aromatic carbocycles. The third-order valence-corrected chi connectivity index (χ3v) is 5.93. The van der Waals surface area contributed by atoms with Crippen LogP contribution in [-0.2, 0) is 16.6 Å². The van der Waals surface area contributed by atoms with E-state index in [1.807, 2.05) is 12.1 Å². The van der Waals surface area contributed by atoms with E-state index in [1.165, 1.54) is 22.7 Å². The molecule has 6 heteroatoms. The van der Waals surface area contributed by atoms with Crippen molar-refractivity contribution in [3.8, 4) is 5.75 Å². The van der Waals surface area contributed by atoms with Crippen LogP contribution in [0.2, 0.25) is 0 Å². The first kappa shape index (κ1) is 17.2. The molecule has 0 spiro atoms. The predicted molar refractivity (Wildman–Crippen MR) is 88.5 cm³/mol. The Morgan fingerprint density at radius 3 is 2.32 bits per heavy atom. The van der Waals surface area contributed by atoms with Gasteiger partial charge in [0.25, 0.3) is 0 Å². The molecule has 0 atom stereocenters. The molecular formula is C16H26N2O3S. The van der Waals surface area contributed by atoms with Gasteiger partial charge in [0.1, 0.15) is 5.75 Å². The highest BCUT2D eigenvalue weighted by atomic mass is 32.2. The Kier molecular flexibility index (Phi) is 5.83. The second-order valence-electron chi connectivity index (χ2n) is 6.00. The first-order valence-corrected chi connectivity index (χ1v) is 9.30. The summed E-state index contributed by atoms with van der Waals surface area (Å²) in [6.07, 6.45) is 3.11. The van der Waals surface area contributed by atoms with Crippen molar-refractivity contribution in [2.45, 2.75) is 31.8 Å². The average Bonchev–Trinajstić information content (AvgIpc) is 3.31. The molecule has 1 aliphatic rings. The molecule has 0 heterocycles. The summed E-state index contributed by atoms with van der Waals surface area (Å²) in [5, 5.41) is 0. The van der Waals surface area contributed by atoms with Crippen molar-refractivity contribution in [2.24, 2.45) is 0 Å². The SMILES string of the molecule is COc1ccc(CN(CCCS(=O)(=O)N(C)C)C2CC2)cc1. The number of hydrogen-bond donors (Lipinski definition) is 0. The molecule has 1 fully saturated rings. The van der Waals surface area contributed by atoms with Crippen molar-refractivity contribution in [1.29, 1.82) is 0 Å². The Morgan fingerprint density at radius 2 is 1.82 bits per heavy atom. The maximum absolute atomic E-state index is 11.8. The fourth-order valence-corrected chi connectivity index (χ4v) is 3.29. The minimum Gasteiger partial charge on any atom is -0.497 e. The van der Waals surface area contributed by atoms with Gasteiger partial charge in [0.2, 0.25) is 10.0 Å². The molecule has 0 aliphatic heterocycles. The van der Waals surface area contributed by atoms with Crippen LogP contribution in [0.3, 0.4) is 0 Å². The van der Waals surface area contributed by atoms with E-state index < -0.39 is 10.0 Å². The molecule has 0 bridgehead atoms. The summed E-state index contributed by atoms with van der Waals surface area (Å²) in [5.74, 6) is 1.07. The van der Waals surface area contributed by atoms with Crippen molar-refractivity contribution < 1.29 is 13.2 Å². The first-order valence-electron chi connectivity index (χ1n) is 7.69. The normalized spacial score (nSPS) is 15.5. The fourth-order valence-electron chi connectivity index (χ4n) is 2.43. The van der Waals surface area contributed by atoms with E-state index in [1.54, 1.807) is 21.2 Å². The summed E-state index contributed by atoms with van der Waals surface area (Å²) in [7, 11) is 1.75. The summed E-state index contributed by atoms with van der Waals surface area (Å²) in [6.45, 7) is 1.69. The second-order valence-corrected chi connectivity index (χ2v) is 8.30. The van der Waals surface area contributed by atoms with Crippen LogP contribution in [0.5, 0.6) is 5.75 Å². The lowest BCUT2D eigenvalue weighted by atomic mass is 10.2. The lowest BCUT2D eigenvalue weighted by Gasteiger charge is -2.22. The Balaban J connectivity index is 1.87. The van der Waals surface area contributed by atoms with Crippen LogP contribution in [-0.4, -0.2) is 57.2 Å². The van der Waals surface area contributed by atoms with Gasteiger partial charge >= 0.3 is 0 Å². The summed E-state index contributed by atoms with van der Waals surface area (Å²) in [6, 6.07) is 8.70. The van der Waals surface area contributed by atoms with Crippen LogP contribution in [0, 0.1) is 0 Å². The molecule has 0 aromatic heterocycles. The maximum atomic E-state index is 11.8. The highest BCUT2D eigenvalue weighted by Crippen LogP contribution is 2.28. The molecule has 124 valence electrons. The number of benzene rings is 1. The van der Waals surface area contributed by atoms with Crippen molar-refractivity contribution in [3.05, 3.63) is 29.8 Å². The zero-order chi connectivity index (χ0) is 16.2. The van der Waals surface area contributed by atoms with Crippen LogP contribution < -0.4 is 4.74 Å². The van der Waals surface area contributed by atoms with E-state index in [0.29, 0.717) is 12.5 Å². The Labute approximate surface area is 133 Å². The Hall–Kier alpha value is -1.11. The van der Waals surface area contributed by atoms with Gasteiger partial charge in [0, 0.05) is 26.7 Å². The van der Waals surface area contributed by atoms with Crippen LogP contribution in [0.1, 0.15) is 24.8 Å². The number of methoxy groups -OCH3 is 1. The summed E-state index contributed by atoms with van der Waals surface area (Å²) in [4.78, 5) is 2.40. The number of sulfonamides is 1. The third kappa shape index (κ3) is 4.97. The average molecular weight is 326 g/mol. The van der Waals surface area contributed by atoms with Gasteiger partial charge in [0.05, 0.1) is 12.9 Å². The topological polar surface area (TPSA) is 49.9 Å². The molecule has 0 amide bonds. The zero-order valence-corrected chi connectivity index (χ0v) is 14.5. The molecule has 0 unspecified atom stereocenters. The standard InChI is InChI=1S/C16H26N2O3S/c1-17(2)22(19,20)12-4-11-18(15-7-8-15)13-14-5-9-16(21-3)10-6-14/h5-6,9-10,15H,4,7-8,11-13H2,1-3H3. The summed E-state index contributed by atoms with van der Waals surface area (Å²) < 4.78 is 30.1. The van der Waals surface area contributed by atoms with Crippen molar-refractivity contribution in [1.82, 2.24) is 9.21 Å². The Morgan fingerprint density at radius 1 is 1.18 bits per heavy atom. The molecule has 1 aliphatic carbocycles. The number of hydrogen-bond acceptors (Lipinski definition) is 4. The van der Waals surface area contributed by atoms with Gasteiger partial charge < -0.3 is 4.74 Å². The van der Waals surface area contributed by atoms with E-state index in [4.69, 9.17) is 4.74 Å². The first-order chi connectivity index (χ1) is 10.4. The number of rotatable bonds is 9. The van der Waals surface area contributed by atoms with E-state index in [-0.39, 0.29) is 5.75 Å². The van der Waals surface area contributed by atoms with Gasteiger partial charge in [-0.05, 0) is 43.5 Å². The van der Waals surface area contributed by atoms with Crippen LogP contribution in [0.25, 0.3) is 0 Å². The maximum Gasteiger partial charge on any atom is 0.213 e. The van der Waals surface area contributed by atoms with Crippen LogP contribution >= 0.6 is 0 Å². The highest BCUT2D eigenvalue weighted by Gasteiger charge is 2.29. The van der Waals surface area contributed by atoms with Gasteiger partial charge in [-0.25, -0.2) is 12.7 Å². The lowest BCUT2D eigenvalue weighted by Crippen LogP contribution is -2.30. The number of ether oxygens (including phenoxy) is 1. The minimum atomic E-state index is -3.09. The van der Waals surface area contributed by atoms with E-state index in [2.05, 4.69) is 17.0 Å². The van der Waals surface area contributed by atoms with E-state index in [9.17, 15) is 8.42 Å². The van der Waals surface area contributed by atoms with Crippen molar-refractivity contribution in [3.63, 3.8) is 0 Å². The molecule has 0 N–H and O–H groups in total. The van der Waals surface area contributed by atoms with Crippen molar-refractivity contribution >= 4 is 10.0 Å². The fraction of sp³-hybridized carbons (Fsp3) is 0.625. The van der Waals surface area contributed by atoms with Gasteiger partial charge in [-0.1, -0.05) is 12.1 Å². The summed E-state index contributed by atoms with van der Waals surface area (Å²) >= 11 is 0. The molecule has 0 radical (unpaired) electrons. The quantitative estimate of drug-likeness (QED) is 0.696. The third-order valence-electron chi connectivity index (χ3n) is 4.01. The molecule has 1 aromatic rings. The van der Waals surface area contributed by atoms with Gasteiger partial charge in [0.15, 0.2) is 0 Å². The Bertz CT molecular complexity index is 566. The van der Waals surface area contributed by atoms with Gasteiger partial charge in [-0.3, -0.25) is 4.90 Å². The smallest absolute Gasteiger partial charge is 0.213 e. The van der Waals surface area contributed by atoms with Gasteiger partial charge in [-0.15, -0.1) is 0 Å². The lowest BCUT2D eigenvalue weighted by molar-refractivity contribution is 0.255. The van der Waals surface area contributed by atoms with Crippen molar-refractivity contribution in [2.75, 3.05) is 33.5 Å². The molecule has 1 saturated carbocycles. The zero-order valence-electron chi connectivity index (χ0n) is 13.7. The van der Waals surface area contributed by atoms with Gasteiger partial charge in [-0.2, -0.15) is 0 Å². The largest absolute Gasteiger partial charge is 0.497 e. The monoisotopic (exact) mass is 326 g/mol. The molecule has 22 heavy (non-hydrogen) atoms. The predicted octanol–water partition coefficient (Wildman–Crippen LogP) is 1.94. The molecule has 2 rings (SSSR count). The number of nitrogens with zero attached hydrogens (tertiary/aromatic N) is 2. The molecule has 0 saturated heterocycles. The van der Waals surface area contributed by atoms with E-state index >= 15 is 0 Å². The van der Waals surface area contributed by atoms with Crippen LogP contribution in [0.15, 0.2) is 24.3 Å². The molecular weight excluding hydrogens is 300 g/mol. The summed E-state index contributed by atoms with van der Waals surface area (Å²) in [5.41, 5.74) is 1.24. The van der Waals surface area contributed by atoms with Crippen LogP contribution in [0.4, 0.5) is 0 Å².